The van der Waals surface area contributed by atoms with E-state index in [1.165, 1.54) is 0 Å². The Hall–Kier alpha value is -1.68. The lowest BCUT2D eigenvalue weighted by Crippen LogP contribution is -2.72. The molecular weight excluding hydrogens is 300 g/mol. The van der Waals surface area contributed by atoms with Crippen molar-refractivity contribution in [3.8, 4) is 0 Å². The predicted octanol–water partition coefficient (Wildman–Crippen LogP) is -2.13. The lowest BCUT2D eigenvalue weighted by Gasteiger charge is -2.39. The number of esters is 1. The fraction of sp³-hybridized carbons (Fsp3) is 0.692. The molecule has 0 amide bonds. The first-order chi connectivity index (χ1) is 9.85. The number of ketones is 3. The van der Waals surface area contributed by atoms with Crippen molar-refractivity contribution in [2.24, 2.45) is 0 Å². The van der Waals surface area contributed by atoms with E-state index in [4.69, 9.17) is 4.74 Å². The summed E-state index contributed by atoms with van der Waals surface area (Å²) in [7, 11) is 0. The number of rotatable bonds is 5. The second kappa shape index (κ2) is 5.51. The molecule has 1 saturated heterocycles. The smallest absolute Gasteiger partial charge is 0.302 e. The third-order valence-electron chi connectivity index (χ3n) is 3.78. The van der Waals surface area contributed by atoms with E-state index in [9.17, 15) is 34.5 Å². The van der Waals surface area contributed by atoms with Crippen LogP contribution in [0, 0.1) is 0 Å². The Balaban J connectivity index is 3.52. The maximum absolute atomic E-state index is 11.8. The zero-order valence-electron chi connectivity index (χ0n) is 12.6. The molecule has 1 aliphatic heterocycles. The molecular formula is C13H18O9. The molecule has 3 N–H and O–H groups in total. The second-order valence-corrected chi connectivity index (χ2v) is 5.20. The molecule has 9 heteroatoms. The lowest BCUT2D eigenvalue weighted by atomic mass is 9.71. The maximum Gasteiger partial charge on any atom is 0.302 e. The number of aliphatic hydroxyl groups is 3. The van der Waals surface area contributed by atoms with E-state index in [1.807, 2.05) is 0 Å². The summed E-state index contributed by atoms with van der Waals surface area (Å²) in [6, 6.07) is 0. The van der Waals surface area contributed by atoms with Crippen molar-refractivity contribution >= 4 is 23.3 Å². The largest absolute Gasteiger partial charge is 0.463 e. The molecule has 0 saturated carbocycles. The Bertz CT molecular complexity index is 542. The van der Waals surface area contributed by atoms with Crippen LogP contribution < -0.4 is 0 Å². The van der Waals surface area contributed by atoms with Crippen molar-refractivity contribution in [2.45, 2.75) is 50.8 Å². The third-order valence-corrected chi connectivity index (χ3v) is 3.78. The summed E-state index contributed by atoms with van der Waals surface area (Å²) < 4.78 is 9.50. The van der Waals surface area contributed by atoms with Gasteiger partial charge in [0.1, 0.15) is 12.7 Å². The first kappa shape index (κ1) is 18.4. The van der Waals surface area contributed by atoms with Gasteiger partial charge in [0.15, 0.2) is 23.0 Å². The Kier molecular flexibility index (Phi) is 4.60. The van der Waals surface area contributed by atoms with Gasteiger partial charge in [-0.3, -0.25) is 19.2 Å². The van der Waals surface area contributed by atoms with Crippen LogP contribution in [0.3, 0.4) is 0 Å². The fourth-order valence-electron chi connectivity index (χ4n) is 2.54. The van der Waals surface area contributed by atoms with Crippen LogP contribution in [0.5, 0.6) is 0 Å². The standard InChI is InChI=1S/C13H18O9/c1-6(14)11(18)10(5-21-9(4)17)22-13(20,8(3)16)12(11,19)7(2)15/h10,18-20H,5H2,1-4H3/t10-,11-,12-,13-/m0/s1. The Morgan fingerprint density at radius 1 is 0.955 bits per heavy atom. The zero-order chi connectivity index (χ0) is 17.5. The van der Waals surface area contributed by atoms with Gasteiger partial charge in [-0.2, -0.15) is 0 Å². The van der Waals surface area contributed by atoms with E-state index < -0.39 is 53.0 Å². The highest BCUT2D eigenvalue weighted by atomic mass is 16.7. The SMILES string of the molecule is CC(=O)OC[C@@H]1O[C@@](O)(C(C)=O)[C@](O)(C(C)=O)[C@]1(O)C(C)=O. The normalized spacial score (nSPS) is 37.7. The highest BCUT2D eigenvalue weighted by Gasteiger charge is 2.79. The molecule has 0 bridgehead atoms. The fourth-order valence-corrected chi connectivity index (χ4v) is 2.54. The Morgan fingerprint density at radius 2 is 1.45 bits per heavy atom. The Labute approximate surface area is 125 Å². The van der Waals surface area contributed by atoms with Crippen LogP contribution in [-0.2, 0) is 28.7 Å². The van der Waals surface area contributed by atoms with E-state index in [0.29, 0.717) is 0 Å². The zero-order valence-corrected chi connectivity index (χ0v) is 12.6. The van der Waals surface area contributed by atoms with Gasteiger partial charge in [0.25, 0.3) is 5.79 Å². The molecule has 4 atom stereocenters. The van der Waals surface area contributed by atoms with Crippen molar-refractivity contribution in [3.63, 3.8) is 0 Å². The summed E-state index contributed by atoms with van der Waals surface area (Å²) in [5, 5.41) is 31.4. The van der Waals surface area contributed by atoms with Crippen molar-refractivity contribution in [1.82, 2.24) is 0 Å². The van der Waals surface area contributed by atoms with Crippen molar-refractivity contribution in [1.29, 1.82) is 0 Å². The third kappa shape index (κ3) is 2.17. The van der Waals surface area contributed by atoms with Crippen molar-refractivity contribution in [2.75, 3.05) is 6.61 Å². The molecule has 0 aromatic heterocycles. The molecule has 0 radical (unpaired) electrons. The molecule has 0 aliphatic carbocycles. The van der Waals surface area contributed by atoms with Gasteiger partial charge in [-0.15, -0.1) is 0 Å². The molecule has 9 nitrogen and oxygen atoms in total. The van der Waals surface area contributed by atoms with Crippen molar-refractivity contribution < 1.29 is 44.0 Å². The maximum atomic E-state index is 11.8. The van der Waals surface area contributed by atoms with Gasteiger partial charge < -0.3 is 24.8 Å². The highest BCUT2D eigenvalue weighted by Crippen LogP contribution is 2.47. The summed E-state index contributed by atoms with van der Waals surface area (Å²) in [6.45, 7) is 2.71. The highest BCUT2D eigenvalue weighted by molar-refractivity contribution is 6.04. The van der Waals surface area contributed by atoms with Gasteiger partial charge in [-0.05, 0) is 13.8 Å². The summed E-state index contributed by atoms with van der Waals surface area (Å²) in [5.74, 6) is -7.54. The average Bonchev–Trinajstić information content (AvgIpc) is 2.57. The monoisotopic (exact) mass is 318 g/mol. The van der Waals surface area contributed by atoms with Gasteiger partial charge in [-0.1, -0.05) is 0 Å². The molecule has 1 rings (SSSR count). The molecule has 124 valence electrons. The summed E-state index contributed by atoms with van der Waals surface area (Å²) >= 11 is 0. The van der Waals surface area contributed by atoms with Gasteiger partial charge in [0, 0.05) is 13.8 Å². The molecule has 0 spiro atoms. The van der Waals surface area contributed by atoms with Gasteiger partial charge in [0.05, 0.1) is 0 Å². The van der Waals surface area contributed by atoms with Crippen LogP contribution in [0.1, 0.15) is 27.7 Å². The molecule has 0 aromatic carbocycles. The van der Waals surface area contributed by atoms with E-state index in [-0.39, 0.29) is 0 Å². The molecule has 1 fully saturated rings. The molecule has 0 aromatic rings. The number of hydrogen-bond acceptors (Lipinski definition) is 9. The summed E-state index contributed by atoms with van der Waals surface area (Å²) in [4.78, 5) is 46.2. The minimum atomic E-state index is -3.23. The molecule has 0 unspecified atom stereocenters. The summed E-state index contributed by atoms with van der Waals surface area (Å²) in [5.41, 5.74) is -6.20. The number of hydrogen-bond donors (Lipinski definition) is 3. The minimum absolute atomic E-state index is 0.753. The van der Waals surface area contributed by atoms with Crippen LogP contribution in [-0.4, -0.2) is 68.3 Å². The van der Waals surface area contributed by atoms with Gasteiger partial charge in [0.2, 0.25) is 5.60 Å². The average molecular weight is 318 g/mol. The Morgan fingerprint density at radius 3 is 1.77 bits per heavy atom. The number of Topliss-reactive ketones (excluding diaryl/α,β-unsaturated/α-hetero) is 3. The molecule has 22 heavy (non-hydrogen) atoms. The lowest BCUT2D eigenvalue weighted by molar-refractivity contribution is -0.249. The quantitative estimate of drug-likeness (QED) is 0.483. The van der Waals surface area contributed by atoms with Crippen LogP contribution in [0.15, 0.2) is 0 Å². The molecule has 1 heterocycles. The van der Waals surface area contributed by atoms with E-state index >= 15 is 0 Å². The number of carbonyl (C=O) groups excluding carboxylic acids is 4. The first-order valence-electron chi connectivity index (χ1n) is 6.37. The van der Waals surface area contributed by atoms with Gasteiger partial charge >= 0.3 is 5.97 Å². The number of ether oxygens (including phenoxy) is 2. The van der Waals surface area contributed by atoms with Crippen LogP contribution in [0.2, 0.25) is 0 Å². The van der Waals surface area contributed by atoms with Crippen LogP contribution >= 0.6 is 0 Å². The van der Waals surface area contributed by atoms with E-state index in [2.05, 4.69) is 4.74 Å². The topological polar surface area (TPSA) is 147 Å². The predicted molar refractivity (Wildman–Crippen MR) is 68.4 cm³/mol. The van der Waals surface area contributed by atoms with Crippen molar-refractivity contribution in [3.05, 3.63) is 0 Å². The van der Waals surface area contributed by atoms with Crippen LogP contribution in [0.25, 0.3) is 0 Å². The second-order valence-electron chi connectivity index (χ2n) is 5.20. The van der Waals surface area contributed by atoms with E-state index in [1.54, 1.807) is 0 Å². The summed E-state index contributed by atoms with van der Waals surface area (Å²) in [6.07, 6.45) is -1.81. The minimum Gasteiger partial charge on any atom is -0.463 e. The molecule has 1 aliphatic rings. The van der Waals surface area contributed by atoms with Gasteiger partial charge in [-0.25, -0.2) is 0 Å². The number of carbonyl (C=O) groups is 4. The first-order valence-corrected chi connectivity index (χ1v) is 6.37. The van der Waals surface area contributed by atoms with E-state index in [0.717, 1.165) is 27.7 Å². The van der Waals surface area contributed by atoms with Crippen LogP contribution in [0.4, 0.5) is 0 Å².